The molecular formula is C20H24N4O3S. The zero-order chi connectivity index (χ0) is 19.9. The molecule has 0 unspecified atom stereocenters. The van der Waals surface area contributed by atoms with Crippen LogP contribution in [0.5, 0.6) is 0 Å². The zero-order valence-corrected chi connectivity index (χ0v) is 16.9. The Morgan fingerprint density at radius 2 is 2.11 bits per heavy atom. The number of hydrogen-bond acceptors (Lipinski definition) is 5. The van der Waals surface area contributed by atoms with Crippen molar-refractivity contribution < 1.29 is 14.4 Å². The van der Waals surface area contributed by atoms with Crippen molar-refractivity contribution in [3.63, 3.8) is 0 Å². The van der Waals surface area contributed by atoms with Gasteiger partial charge in [0.15, 0.2) is 5.13 Å². The van der Waals surface area contributed by atoms with Gasteiger partial charge in [0.2, 0.25) is 5.91 Å². The Morgan fingerprint density at radius 3 is 2.82 bits per heavy atom. The van der Waals surface area contributed by atoms with Crippen LogP contribution < -0.4 is 10.6 Å². The summed E-state index contributed by atoms with van der Waals surface area (Å²) in [6.45, 7) is 3.95. The van der Waals surface area contributed by atoms with Crippen molar-refractivity contribution in [2.45, 2.75) is 51.5 Å². The lowest BCUT2D eigenvalue weighted by molar-refractivity contribution is -0.135. The van der Waals surface area contributed by atoms with Crippen LogP contribution in [-0.4, -0.2) is 39.8 Å². The molecule has 2 heterocycles. The highest BCUT2D eigenvalue weighted by molar-refractivity contribution is 7.22. The normalized spacial score (nSPS) is 24.8. The van der Waals surface area contributed by atoms with E-state index < -0.39 is 17.5 Å². The molecule has 0 atom stereocenters. The second kappa shape index (κ2) is 7.16. The van der Waals surface area contributed by atoms with Crippen molar-refractivity contribution in [1.82, 2.24) is 15.2 Å². The van der Waals surface area contributed by atoms with Crippen LogP contribution in [-0.2, 0) is 16.0 Å². The summed E-state index contributed by atoms with van der Waals surface area (Å²) >= 11 is 1.39. The van der Waals surface area contributed by atoms with Crippen LogP contribution in [0.15, 0.2) is 18.2 Å². The van der Waals surface area contributed by atoms with Crippen molar-refractivity contribution in [3.8, 4) is 0 Å². The average molecular weight is 401 g/mol. The Kier molecular flexibility index (Phi) is 4.82. The van der Waals surface area contributed by atoms with Gasteiger partial charge in [-0.1, -0.05) is 31.3 Å². The highest BCUT2D eigenvalue weighted by Crippen LogP contribution is 2.36. The van der Waals surface area contributed by atoms with Crippen molar-refractivity contribution in [3.05, 3.63) is 23.8 Å². The fourth-order valence-corrected chi connectivity index (χ4v) is 4.90. The van der Waals surface area contributed by atoms with E-state index in [1.807, 2.05) is 12.1 Å². The summed E-state index contributed by atoms with van der Waals surface area (Å²) in [6.07, 6.45) is 4.00. The molecule has 4 rings (SSSR count). The summed E-state index contributed by atoms with van der Waals surface area (Å²) in [7, 11) is 0. The lowest BCUT2D eigenvalue weighted by Crippen LogP contribution is -2.49. The molecule has 1 aromatic carbocycles. The molecule has 0 radical (unpaired) electrons. The number of nitrogens with zero attached hydrogens (tertiary/aromatic N) is 2. The number of urea groups is 1. The van der Waals surface area contributed by atoms with E-state index >= 15 is 0 Å². The Balaban J connectivity index is 1.43. The molecule has 0 bridgehead atoms. The smallest absolute Gasteiger partial charge is 0.323 e. The van der Waals surface area contributed by atoms with Crippen LogP contribution in [0.3, 0.4) is 0 Å². The first kappa shape index (κ1) is 18.9. The number of benzene rings is 1. The summed E-state index contributed by atoms with van der Waals surface area (Å²) in [5, 5.41) is 6.04. The van der Waals surface area contributed by atoms with Crippen LogP contribution in [0.1, 0.15) is 45.1 Å². The van der Waals surface area contributed by atoms with E-state index in [4.69, 9.17) is 0 Å². The van der Waals surface area contributed by atoms with Crippen LogP contribution >= 0.6 is 11.3 Å². The van der Waals surface area contributed by atoms with E-state index in [1.54, 1.807) is 0 Å². The van der Waals surface area contributed by atoms with Crippen molar-refractivity contribution >= 4 is 44.5 Å². The number of amides is 4. The third-order valence-electron chi connectivity index (χ3n) is 5.78. The molecule has 28 heavy (non-hydrogen) atoms. The van der Waals surface area contributed by atoms with Crippen molar-refractivity contribution in [2.24, 2.45) is 5.92 Å². The van der Waals surface area contributed by atoms with E-state index in [1.165, 1.54) is 16.9 Å². The van der Waals surface area contributed by atoms with Gasteiger partial charge in [0.05, 0.1) is 10.2 Å². The number of rotatable bonds is 4. The average Bonchev–Trinajstić information content (AvgIpc) is 3.17. The minimum absolute atomic E-state index is 0.281. The van der Waals surface area contributed by atoms with Gasteiger partial charge in [0, 0.05) is 0 Å². The maximum atomic E-state index is 12.8. The first-order chi connectivity index (χ1) is 13.4. The Hall–Kier alpha value is -2.48. The number of carbonyl (C=O) groups excluding carboxylic acids is 3. The molecular weight excluding hydrogens is 376 g/mol. The van der Waals surface area contributed by atoms with Gasteiger partial charge in [-0.3, -0.25) is 14.5 Å². The van der Waals surface area contributed by atoms with Gasteiger partial charge >= 0.3 is 6.03 Å². The van der Waals surface area contributed by atoms with E-state index in [-0.39, 0.29) is 12.5 Å². The fourth-order valence-electron chi connectivity index (χ4n) is 3.96. The molecule has 2 aliphatic rings. The predicted molar refractivity (Wildman–Crippen MR) is 108 cm³/mol. The van der Waals surface area contributed by atoms with Crippen molar-refractivity contribution in [1.29, 1.82) is 0 Å². The molecule has 1 aromatic heterocycles. The van der Waals surface area contributed by atoms with Gasteiger partial charge in [-0.2, -0.15) is 0 Å². The highest BCUT2D eigenvalue weighted by Gasteiger charge is 2.52. The molecule has 7 nitrogen and oxygen atoms in total. The van der Waals surface area contributed by atoms with Gasteiger partial charge < -0.3 is 10.6 Å². The summed E-state index contributed by atoms with van der Waals surface area (Å²) in [6, 6.07) is 5.54. The summed E-state index contributed by atoms with van der Waals surface area (Å²) in [4.78, 5) is 43.1. The summed E-state index contributed by atoms with van der Waals surface area (Å²) < 4.78 is 1.000. The zero-order valence-electron chi connectivity index (χ0n) is 16.1. The fraction of sp³-hybridized carbons (Fsp3) is 0.500. The molecule has 2 fully saturated rings. The van der Waals surface area contributed by atoms with Gasteiger partial charge in [0.25, 0.3) is 5.91 Å². The minimum Gasteiger partial charge on any atom is -0.323 e. The number of hydrogen-bond donors (Lipinski definition) is 2. The lowest BCUT2D eigenvalue weighted by atomic mass is 9.77. The standard InChI is InChI=1S/C20H24N4O3S/c1-3-13-4-5-14-15(10-13)28-18(21-14)22-16(25)11-24-17(26)20(23-19(24)27)8-6-12(2)7-9-20/h4-5,10,12H,3,6-9,11H2,1-2H3,(H,23,27)(H,21,22,25). The third-order valence-corrected chi connectivity index (χ3v) is 6.72. The lowest BCUT2D eigenvalue weighted by Gasteiger charge is -2.33. The van der Waals surface area contributed by atoms with E-state index in [0.717, 1.165) is 34.4 Å². The third kappa shape index (κ3) is 3.37. The van der Waals surface area contributed by atoms with E-state index in [0.29, 0.717) is 23.9 Å². The van der Waals surface area contributed by atoms with E-state index in [9.17, 15) is 14.4 Å². The topological polar surface area (TPSA) is 91.4 Å². The van der Waals surface area contributed by atoms with Crippen molar-refractivity contribution in [2.75, 3.05) is 11.9 Å². The van der Waals surface area contributed by atoms with Crippen LogP contribution in [0.4, 0.5) is 9.93 Å². The number of carbonyl (C=O) groups is 3. The maximum absolute atomic E-state index is 12.8. The Labute approximate surface area is 167 Å². The number of imide groups is 1. The quantitative estimate of drug-likeness (QED) is 0.771. The minimum atomic E-state index is -0.823. The number of aryl methyl sites for hydroxylation is 1. The number of anilines is 1. The summed E-state index contributed by atoms with van der Waals surface area (Å²) in [5.74, 6) is -0.143. The Morgan fingerprint density at radius 1 is 1.36 bits per heavy atom. The number of nitrogens with one attached hydrogen (secondary N) is 2. The predicted octanol–water partition coefficient (Wildman–Crippen LogP) is 3.30. The van der Waals surface area contributed by atoms with Gasteiger partial charge in [0.1, 0.15) is 12.1 Å². The first-order valence-electron chi connectivity index (χ1n) is 9.73. The number of thiazole rings is 1. The van der Waals surface area contributed by atoms with Gasteiger partial charge in [-0.25, -0.2) is 9.78 Å². The highest BCUT2D eigenvalue weighted by atomic mass is 32.1. The molecule has 2 N–H and O–H groups in total. The molecule has 1 saturated carbocycles. The molecule has 4 amide bonds. The van der Waals surface area contributed by atoms with Gasteiger partial charge in [-0.15, -0.1) is 0 Å². The largest absolute Gasteiger partial charge is 0.325 e. The molecule has 2 aromatic rings. The van der Waals surface area contributed by atoms with Crippen LogP contribution in [0.25, 0.3) is 10.2 Å². The maximum Gasteiger partial charge on any atom is 0.325 e. The molecule has 8 heteroatoms. The van der Waals surface area contributed by atoms with Crippen LogP contribution in [0.2, 0.25) is 0 Å². The number of fused-ring (bicyclic) bond motifs is 1. The first-order valence-corrected chi connectivity index (χ1v) is 10.6. The second-order valence-corrected chi connectivity index (χ2v) is 8.84. The van der Waals surface area contributed by atoms with Crippen LogP contribution in [0, 0.1) is 5.92 Å². The molecule has 1 aliphatic carbocycles. The molecule has 148 valence electrons. The SMILES string of the molecule is CCc1ccc2nc(NC(=O)CN3C(=O)NC4(CCC(C)CC4)C3=O)sc2c1. The summed E-state index contributed by atoms with van der Waals surface area (Å²) in [5.41, 5.74) is 1.21. The molecule has 1 aliphatic heterocycles. The molecule has 1 spiro atoms. The van der Waals surface area contributed by atoms with E-state index in [2.05, 4.69) is 35.5 Å². The number of aromatic nitrogens is 1. The second-order valence-electron chi connectivity index (χ2n) is 7.81. The Bertz CT molecular complexity index is 946. The molecule has 1 saturated heterocycles. The monoisotopic (exact) mass is 400 g/mol. The van der Waals surface area contributed by atoms with Gasteiger partial charge in [-0.05, 0) is 55.7 Å².